The van der Waals surface area contributed by atoms with E-state index in [9.17, 15) is 0 Å². The zero-order valence-electron chi connectivity index (χ0n) is 12.0. The van der Waals surface area contributed by atoms with E-state index in [1.54, 1.807) is 11.3 Å². The molecule has 0 spiro atoms. The number of nitrogens with zero attached hydrogens (tertiary/aromatic N) is 2. The maximum atomic E-state index is 4.55. The first-order valence-corrected chi connectivity index (χ1v) is 7.80. The monoisotopic (exact) mass is 267 g/mol. The maximum absolute atomic E-state index is 4.55. The third-order valence-corrected chi connectivity index (χ3v) is 4.92. The van der Waals surface area contributed by atoms with E-state index in [1.807, 2.05) is 0 Å². The quantitative estimate of drug-likeness (QED) is 0.908. The highest BCUT2D eigenvalue weighted by atomic mass is 32.1. The molecule has 1 aliphatic heterocycles. The van der Waals surface area contributed by atoms with E-state index in [1.165, 1.54) is 17.1 Å². The van der Waals surface area contributed by atoms with Gasteiger partial charge in [0.15, 0.2) is 0 Å². The lowest BCUT2D eigenvalue weighted by Crippen LogP contribution is -2.62. The molecule has 1 saturated heterocycles. The number of hydrogen-bond acceptors (Lipinski definition) is 4. The summed E-state index contributed by atoms with van der Waals surface area (Å²) in [4.78, 5) is 7.16. The Morgan fingerprint density at radius 1 is 1.61 bits per heavy atom. The Kier molecular flexibility index (Phi) is 4.41. The maximum Gasteiger partial charge on any atom is 0.0897 e. The van der Waals surface area contributed by atoms with Crippen LogP contribution >= 0.6 is 11.3 Å². The van der Waals surface area contributed by atoms with Crippen molar-refractivity contribution < 1.29 is 0 Å². The Bertz CT molecular complexity index is 390. The van der Waals surface area contributed by atoms with Crippen LogP contribution in [0.15, 0.2) is 5.38 Å². The molecule has 4 heteroatoms. The molecule has 2 atom stereocenters. The van der Waals surface area contributed by atoms with Crippen molar-refractivity contribution in [1.29, 1.82) is 0 Å². The summed E-state index contributed by atoms with van der Waals surface area (Å²) in [5.74, 6) is 0. The lowest BCUT2D eigenvalue weighted by atomic mass is 9.93. The van der Waals surface area contributed by atoms with Gasteiger partial charge in [-0.1, -0.05) is 6.92 Å². The number of piperazine rings is 1. The molecular formula is C14H25N3S. The third-order valence-electron chi connectivity index (χ3n) is 4.10. The third kappa shape index (κ3) is 3.31. The summed E-state index contributed by atoms with van der Waals surface area (Å²) in [6.45, 7) is 12.4. The average Bonchev–Trinajstić information content (AvgIpc) is 2.77. The van der Waals surface area contributed by atoms with Crippen molar-refractivity contribution in [2.75, 3.05) is 19.6 Å². The van der Waals surface area contributed by atoms with Gasteiger partial charge in [0.2, 0.25) is 0 Å². The van der Waals surface area contributed by atoms with Crippen LogP contribution in [0.5, 0.6) is 0 Å². The largest absolute Gasteiger partial charge is 0.309 e. The number of aryl methyl sites for hydroxylation is 1. The predicted molar refractivity (Wildman–Crippen MR) is 78.3 cm³/mol. The van der Waals surface area contributed by atoms with Crippen LogP contribution in [0.4, 0.5) is 0 Å². The molecule has 0 aromatic carbocycles. The lowest BCUT2D eigenvalue weighted by molar-refractivity contribution is 0.0942. The second-order valence-corrected chi connectivity index (χ2v) is 6.78. The van der Waals surface area contributed by atoms with E-state index in [2.05, 4.69) is 48.3 Å². The molecule has 2 rings (SSSR count). The van der Waals surface area contributed by atoms with E-state index in [0.717, 1.165) is 26.1 Å². The van der Waals surface area contributed by atoms with Gasteiger partial charge in [-0.3, -0.25) is 4.90 Å². The first-order valence-electron chi connectivity index (χ1n) is 6.92. The van der Waals surface area contributed by atoms with Crippen LogP contribution in [-0.2, 0) is 6.42 Å². The highest BCUT2D eigenvalue weighted by Gasteiger charge is 2.32. The Morgan fingerprint density at radius 2 is 2.39 bits per heavy atom. The molecular weight excluding hydrogens is 242 g/mol. The molecule has 0 bridgehead atoms. The highest BCUT2D eigenvalue weighted by Crippen LogP contribution is 2.19. The standard InChI is InChI=1S/C14H25N3S/c1-5-14(4)10-17(11(2)8-15-14)7-6-13-9-18-12(3)16-13/h9,11,15H,5-8,10H2,1-4H3. The minimum absolute atomic E-state index is 0.282. The van der Waals surface area contributed by atoms with Gasteiger partial charge in [-0.2, -0.15) is 0 Å². The van der Waals surface area contributed by atoms with Crippen molar-refractivity contribution in [2.24, 2.45) is 0 Å². The molecule has 0 saturated carbocycles. The van der Waals surface area contributed by atoms with Gasteiger partial charge in [0.25, 0.3) is 0 Å². The van der Waals surface area contributed by atoms with Crippen LogP contribution < -0.4 is 5.32 Å². The van der Waals surface area contributed by atoms with Crippen molar-refractivity contribution in [3.8, 4) is 0 Å². The SMILES string of the molecule is CCC1(C)CN(CCc2csc(C)n2)C(C)CN1. The molecule has 2 unspecified atom stereocenters. The molecule has 2 heterocycles. The Balaban J connectivity index is 1.91. The molecule has 1 N–H and O–H groups in total. The summed E-state index contributed by atoms with van der Waals surface area (Å²) in [7, 11) is 0. The lowest BCUT2D eigenvalue weighted by Gasteiger charge is -2.45. The molecule has 0 aliphatic carbocycles. The second kappa shape index (κ2) is 5.68. The van der Waals surface area contributed by atoms with Crippen molar-refractivity contribution in [1.82, 2.24) is 15.2 Å². The molecule has 1 aliphatic rings. The van der Waals surface area contributed by atoms with Gasteiger partial charge in [-0.05, 0) is 27.2 Å². The summed E-state index contributed by atoms with van der Waals surface area (Å²) < 4.78 is 0. The minimum atomic E-state index is 0.282. The van der Waals surface area contributed by atoms with E-state index < -0.39 is 0 Å². The first kappa shape index (κ1) is 14.0. The number of hydrogen-bond donors (Lipinski definition) is 1. The second-order valence-electron chi connectivity index (χ2n) is 5.72. The fourth-order valence-electron chi connectivity index (χ4n) is 2.50. The molecule has 1 aromatic heterocycles. The highest BCUT2D eigenvalue weighted by molar-refractivity contribution is 7.09. The summed E-state index contributed by atoms with van der Waals surface area (Å²) in [5, 5.41) is 7.05. The van der Waals surface area contributed by atoms with Gasteiger partial charge in [0, 0.05) is 43.0 Å². The summed E-state index contributed by atoms with van der Waals surface area (Å²) in [6.07, 6.45) is 2.26. The number of rotatable bonds is 4. The fraction of sp³-hybridized carbons (Fsp3) is 0.786. The van der Waals surface area contributed by atoms with E-state index in [0.29, 0.717) is 6.04 Å². The van der Waals surface area contributed by atoms with Crippen molar-refractivity contribution >= 4 is 11.3 Å². The van der Waals surface area contributed by atoms with Crippen LogP contribution in [0.2, 0.25) is 0 Å². The van der Waals surface area contributed by atoms with Crippen LogP contribution in [0, 0.1) is 6.92 Å². The predicted octanol–water partition coefficient (Wildman–Crippen LogP) is 2.46. The smallest absolute Gasteiger partial charge is 0.0897 e. The van der Waals surface area contributed by atoms with Crippen LogP contribution in [-0.4, -0.2) is 41.1 Å². The molecule has 1 aromatic rings. The van der Waals surface area contributed by atoms with Crippen LogP contribution in [0.3, 0.4) is 0 Å². The molecule has 3 nitrogen and oxygen atoms in total. The average molecular weight is 267 g/mol. The van der Waals surface area contributed by atoms with Gasteiger partial charge < -0.3 is 5.32 Å². The molecule has 0 radical (unpaired) electrons. The topological polar surface area (TPSA) is 28.2 Å². The van der Waals surface area contributed by atoms with Crippen molar-refractivity contribution in [3.05, 3.63) is 16.1 Å². The minimum Gasteiger partial charge on any atom is -0.309 e. The van der Waals surface area contributed by atoms with Gasteiger partial charge >= 0.3 is 0 Å². The number of nitrogens with one attached hydrogen (secondary N) is 1. The molecule has 1 fully saturated rings. The molecule has 102 valence electrons. The van der Waals surface area contributed by atoms with Crippen LogP contribution in [0.25, 0.3) is 0 Å². The van der Waals surface area contributed by atoms with Gasteiger partial charge in [0.05, 0.1) is 10.7 Å². The Labute approximate surface area is 115 Å². The normalized spacial score (nSPS) is 29.7. The summed E-state index contributed by atoms with van der Waals surface area (Å²) >= 11 is 1.75. The van der Waals surface area contributed by atoms with Crippen molar-refractivity contribution in [2.45, 2.75) is 52.1 Å². The Morgan fingerprint density at radius 3 is 3.00 bits per heavy atom. The first-order chi connectivity index (χ1) is 8.52. The fourth-order valence-corrected chi connectivity index (χ4v) is 3.15. The Hall–Kier alpha value is -0.450. The van der Waals surface area contributed by atoms with Crippen LogP contribution in [0.1, 0.15) is 37.9 Å². The van der Waals surface area contributed by atoms with Gasteiger partial charge in [0.1, 0.15) is 0 Å². The summed E-state index contributed by atoms with van der Waals surface area (Å²) in [6, 6.07) is 0.629. The number of thiazole rings is 1. The van der Waals surface area contributed by atoms with E-state index in [4.69, 9.17) is 0 Å². The molecule has 0 amide bonds. The van der Waals surface area contributed by atoms with Gasteiger partial charge in [-0.25, -0.2) is 4.98 Å². The van der Waals surface area contributed by atoms with E-state index >= 15 is 0 Å². The zero-order chi connectivity index (χ0) is 13.2. The number of aromatic nitrogens is 1. The molecule has 18 heavy (non-hydrogen) atoms. The summed E-state index contributed by atoms with van der Waals surface area (Å²) in [5.41, 5.74) is 1.53. The van der Waals surface area contributed by atoms with Gasteiger partial charge in [-0.15, -0.1) is 11.3 Å². The zero-order valence-corrected chi connectivity index (χ0v) is 12.8. The van der Waals surface area contributed by atoms with Crippen molar-refractivity contribution in [3.63, 3.8) is 0 Å². The van der Waals surface area contributed by atoms with E-state index in [-0.39, 0.29) is 5.54 Å².